The summed E-state index contributed by atoms with van der Waals surface area (Å²) in [4.78, 5) is 14.1. The molecule has 0 aromatic heterocycles. The second-order valence-electron chi connectivity index (χ2n) is 6.39. The highest BCUT2D eigenvalue weighted by Crippen LogP contribution is 2.37. The van der Waals surface area contributed by atoms with E-state index in [1.165, 1.54) is 12.1 Å². The first kappa shape index (κ1) is 18.1. The summed E-state index contributed by atoms with van der Waals surface area (Å²) < 4.78 is 38.1. The fraction of sp³-hybridized carbons (Fsp3) is 0.278. The van der Waals surface area contributed by atoms with Crippen molar-refractivity contribution in [2.45, 2.75) is 11.3 Å². The van der Waals surface area contributed by atoms with Gasteiger partial charge in [0.1, 0.15) is 4.90 Å². The van der Waals surface area contributed by atoms with E-state index in [0.29, 0.717) is 23.7 Å². The van der Waals surface area contributed by atoms with Gasteiger partial charge in [0.2, 0.25) is 22.7 Å². The molecule has 2 aliphatic rings. The smallest absolute Gasteiger partial charge is 0.242 e. The molecule has 1 saturated heterocycles. The van der Waals surface area contributed by atoms with Gasteiger partial charge in [0.25, 0.3) is 0 Å². The molecule has 27 heavy (non-hydrogen) atoms. The summed E-state index contributed by atoms with van der Waals surface area (Å²) in [5, 5.41) is 0.162. The Morgan fingerprint density at radius 1 is 1.15 bits per heavy atom. The summed E-state index contributed by atoms with van der Waals surface area (Å²) in [5.74, 6) is 1.05. The Balaban J connectivity index is 1.43. The lowest BCUT2D eigenvalue weighted by atomic mass is 10.1. The van der Waals surface area contributed by atoms with Crippen LogP contribution in [-0.4, -0.2) is 34.2 Å². The van der Waals surface area contributed by atoms with Crippen molar-refractivity contribution in [1.29, 1.82) is 0 Å². The Morgan fingerprint density at radius 2 is 1.93 bits per heavy atom. The number of amides is 1. The molecule has 2 aromatic carbocycles. The molecular weight excluding hydrogens is 392 g/mol. The van der Waals surface area contributed by atoms with Gasteiger partial charge in [-0.05, 0) is 30.2 Å². The molecule has 2 aliphatic heterocycles. The van der Waals surface area contributed by atoms with Gasteiger partial charge in [0.15, 0.2) is 11.5 Å². The van der Waals surface area contributed by atoms with Crippen molar-refractivity contribution in [3.8, 4) is 11.5 Å². The standard InChI is InChI=1S/C18H17ClN2O5S/c19-14-3-1-2-4-17(14)27(23,24)20-9-12-7-18(22)21(10-12)13-5-6-15-16(8-13)26-11-25-15/h1-6,8,12,20H,7,9-11H2. The van der Waals surface area contributed by atoms with Crippen LogP contribution in [0.3, 0.4) is 0 Å². The summed E-state index contributed by atoms with van der Waals surface area (Å²) in [6, 6.07) is 11.6. The van der Waals surface area contributed by atoms with Crippen molar-refractivity contribution in [2.24, 2.45) is 5.92 Å². The van der Waals surface area contributed by atoms with Crippen molar-refractivity contribution < 1.29 is 22.7 Å². The summed E-state index contributed by atoms with van der Waals surface area (Å²) in [6.07, 6.45) is 0.263. The van der Waals surface area contributed by atoms with E-state index in [1.807, 2.05) is 0 Å². The predicted octanol–water partition coefficient (Wildman–Crippen LogP) is 2.40. The molecule has 1 unspecified atom stereocenters. The van der Waals surface area contributed by atoms with Gasteiger partial charge in [0.05, 0.1) is 5.02 Å². The maximum Gasteiger partial charge on any atom is 0.242 e. The number of nitrogens with zero attached hydrogens (tertiary/aromatic N) is 1. The molecule has 1 N–H and O–H groups in total. The lowest BCUT2D eigenvalue weighted by molar-refractivity contribution is -0.117. The Labute approximate surface area is 161 Å². The maximum absolute atomic E-state index is 12.4. The summed E-state index contributed by atoms with van der Waals surface area (Å²) in [6.45, 7) is 0.739. The van der Waals surface area contributed by atoms with Crippen LogP contribution in [-0.2, 0) is 14.8 Å². The number of halogens is 1. The van der Waals surface area contributed by atoms with Gasteiger partial charge in [-0.1, -0.05) is 23.7 Å². The van der Waals surface area contributed by atoms with Crippen LogP contribution >= 0.6 is 11.6 Å². The van der Waals surface area contributed by atoms with E-state index in [4.69, 9.17) is 21.1 Å². The third kappa shape index (κ3) is 3.60. The van der Waals surface area contributed by atoms with Crippen molar-refractivity contribution in [3.63, 3.8) is 0 Å². The van der Waals surface area contributed by atoms with Gasteiger partial charge in [0, 0.05) is 31.3 Å². The second-order valence-corrected chi connectivity index (χ2v) is 8.54. The van der Waals surface area contributed by atoms with E-state index in [1.54, 1.807) is 35.2 Å². The number of rotatable bonds is 5. The highest BCUT2D eigenvalue weighted by molar-refractivity contribution is 7.89. The number of benzene rings is 2. The highest BCUT2D eigenvalue weighted by Gasteiger charge is 2.32. The predicted molar refractivity (Wildman–Crippen MR) is 99.7 cm³/mol. The Morgan fingerprint density at radius 3 is 2.74 bits per heavy atom. The number of carbonyl (C=O) groups is 1. The van der Waals surface area contributed by atoms with E-state index in [-0.39, 0.29) is 41.5 Å². The zero-order valence-corrected chi connectivity index (χ0v) is 15.8. The second kappa shape index (κ2) is 7.03. The molecule has 1 atom stereocenters. The average Bonchev–Trinajstić information content (AvgIpc) is 3.26. The molecule has 0 saturated carbocycles. The first-order valence-electron chi connectivity index (χ1n) is 8.38. The van der Waals surface area contributed by atoms with Crippen molar-refractivity contribution in [1.82, 2.24) is 4.72 Å². The summed E-state index contributed by atoms with van der Waals surface area (Å²) in [7, 11) is -3.73. The molecule has 1 amide bonds. The molecule has 0 aliphatic carbocycles. The Bertz CT molecular complexity index is 995. The van der Waals surface area contributed by atoms with Crippen LogP contribution in [0.25, 0.3) is 0 Å². The minimum Gasteiger partial charge on any atom is -0.454 e. The molecule has 0 bridgehead atoms. The minimum absolute atomic E-state index is 0.0311. The first-order valence-corrected chi connectivity index (χ1v) is 10.2. The maximum atomic E-state index is 12.4. The van der Waals surface area contributed by atoms with E-state index in [2.05, 4.69) is 4.72 Å². The van der Waals surface area contributed by atoms with Crippen LogP contribution in [0.4, 0.5) is 5.69 Å². The third-order valence-electron chi connectivity index (χ3n) is 4.56. The lowest BCUT2D eigenvalue weighted by Crippen LogP contribution is -2.31. The topological polar surface area (TPSA) is 84.9 Å². The van der Waals surface area contributed by atoms with Gasteiger partial charge < -0.3 is 14.4 Å². The quantitative estimate of drug-likeness (QED) is 0.821. The van der Waals surface area contributed by atoms with Crippen LogP contribution in [0.2, 0.25) is 5.02 Å². The van der Waals surface area contributed by atoms with Gasteiger partial charge in [-0.15, -0.1) is 0 Å². The Kier molecular flexibility index (Phi) is 4.71. The van der Waals surface area contributed by atoms with Gasteiger partial charge in [-0.2, -0.15) is 0 Å². The molecule has 2 heterocycles. The number of hydrogen-bond donors (Lipinski definition) is 1. The number of ether oxygens (including phenoxy) is 2. The summed E-state index contributed by atoms with van der Waals surface area (Å²) >= 11 is 5.97. The van der Waals surface area contributed by atoms with Gasteiger partial charge >= 0.3 is 0 Å². The highest BCUT2D eigenvalue weighted by atomic mass is 35.5. The largest absolute Gasteiger partial charge is 0.454 e. The van der Waals surface area contributed by atoms with Crippen LogP contribution in [0, 0.1) is 5.92 Å². The zero-order valence-electron chi connectivity index (χ0n) is 14.2. The lowest BCUT2D eigenvalue weighted by Gasteiger charge is -2.17. The minimum atomic E-state index is -3.73. The Hall–Kier alpha value is -2.29. The first-order chi connectivity index (χ1) is 12.9. The van der Waals surface area contributed by atoms with E-state index < -0.39 is 10.0 Å². The van der Waals surface area contributed by atoms with Crippen molar-refractivity contribution in [2.75, 3.05) is 24.8 Å². The fourth-order valence-corrected chi connectivity index (χ4v) is 4.82. The van der Waals surface area contributed by atoms with Crippen LogP contribution < -0.4 is 19.1 Å². The molecular formula is C18H17ClN2O5S. The average molecular weight is 409 g/mol. The van der Waals surface area contributed by atoms with Gasteiger partial charge in [-0.25, -0.2) is 13.1 Å². The van der Waals surface area contributed by atoms with E-state index in [9.17, 15) is 13.2 Å². The summed E-state index contributed by atoms with van der Waals surface area (Å²) in [5.41, 5.74) is 0.709. The number of nitrogens with one attached hydrogen (secondary N) is 1. The number of anilines is 1. The van der Waals surface area contributed by atoms with E-state index in [0.717, 1.165) is 0 Å². The molecule has 142 valence electrons. The molecule has 4 rings (SSSR count). The number of sulfonamides is 1. The fourth-order valence-electron chi connectivity index (χ4n) is 3.19. The number of carbonyl (C=O) groups excluding carboxylic acids is 1. The zero-order chi connectivity index (χ0) is 19.0. The normalized spacial score (nSPS) is 18.9. The molecule has 9 heteroatoms. The molecule has 0 radical (unpaired) electrons. The molecule has 1 fully saturated rings. The van der Waals surface area contributed by atoms with Gasteiger partial charge in [-0.3, -0.25) is 4.79 Å². The molecule has 7 nitrogen and oxygen atoms in total. The number of fused-ring (bicyclic) bond motifs is 1. The molecule has 2 aromatic rings. The van der Waals surface area contributed by atoms with Crippen LogP contribution in [0.1, 0.15) is 6.42 Å². The van der Waals surface area contributed by atoms with Crippen molar-refractivity contribution in [3.05, 3.63) is 47.5 Å². The molecule has 0 spiro atoms. The van der Waals surface area contributed by atoms with E-state index >= 15 is 0 Å². The monoisotopic (exact) mass is 408 g/mol. The third-order valence-corrected chi connectivity index (χ3v) is 6.48. The van der Waals surface area contributed by atoms with Crippen LogP contribution in [0.5, 0.6) is 11.5 Å². The van der Waals surface area contributed by atoms with Crippen LogP contribution in [0.15, 0.2) is 47.4 Å². The van der Waals surface area contributed by atoms with Crippen molar-refractivity contribution >= 4 is 33.2 Å². The number of hydrogen-bond acceptors (Lipinski definition) is 5. The SMILES string of the molecule is O=C1CC(CNS(=O)(=O)c2ccccc2Cl)CN1c1ccc2c(c1)OCO2.